The summed E-state index contributed by atoms with van der Waals surface area (Å²) in [5.74, 6) is 2.43. The van der Waals surface area contributed by atoms with Crippen LogP contribution in [0.1, 0.15) is 49.5 Å². The fourth-order valence-electron chi connectivity index (χ4n) is 3.29. The summed E-state index contributed by atoms with van der Waals surface area (Å²) >= 11 is 1.81. The van der Waals surface area contributed by atoms with E-state index in [0.29, 0.717) is 12.5 Å². The van der Waals surface area contributed by atoms with E-state index < -0.39 is 0 Å². The number of nitrogens with zero attached hydrogens (tertiary/aromatic N) is 3. The van der Waals surface area contributed by atoms with Crippen LogP contribution in [0.15, 0.2) is 40.8 Å². The summed E-state index contributed by atoms with van der Waals surface area (Å²) in [7, 11) is 0. The lowest BCUT2D eigenvalue weighted by Crippen LogP contribution is -2.39. The number of thiophene rings is 1. The third-order valence-corrected chi connectivity index (χ3v) is 5.96. The van der Waals surface area contributed by atoms with E-state index >= 15 is 0 Å². The second kappa shape index (κ2) is 10.3. The highest BCUT2D eigenvalue weighted by atomic mass is 32.1. The molecule has 1 aliphatic heterocycles. The zero-order valence-corrected chi connectivity index (χ0v) is 17.3. The average molecular weight is 386 g/mol. The Morgan fingerprint density at radius 3 is 2.85 bits per heavy atom. The van der Waals surface area contributed by atoms with Gasteiger partial charge < -0.3 is 15.5 Å². The molecule has 0 saturated carbocycles. The van der Waals surface area contributed by atoms with Gasteiger partial charge in [-0.3, -0.25) is 0 Å². The summed E-state index contributed by atoms with van der Waals surface area (Å²) in [6, 6.07) is 8.56. The van der Waals surface area contributed by atoms with Gasteiger partial charge in [0.15, 0.2) is 5.96 Å². The quantitative estimate of drug-likeness (QED) is 0.559. The Labute approximate surface area is 166 Å². The first-order chi connectivity index (χ1) is 13.3. The molecule has 1 fully saturated rings. The van der Waals surface area contributed by atoms with Gasteiger partial charge in [-0.2, -0.15) is 0 Å². The maximum Gasteiger partial charge on any atom is 0.191 e. The Morgan fingerprint density at radius 2 is 2.11 bits per heavy atom. The van der Waals surface area contributed by atoms with Gasteiger partial charge >= 0.3 is 0 Å². The first-order valence-corrected chi connectivity index (χ1v) is 10.9. The lowest BCUT2D eigenvalue weighted by molar-refractivity contribution is 0.573. The average Bonchev–Trinajstić information content (AvgIpc) is 3.26. The Balaban J connectivity index is 1.59. The number of aromatic nitrogens is 1. The lowest BCUT2D eigenvalue weighted by atomic mass is 10.1. The van der Waals surface area contributed by atoms with Crippen molar-refractivity contribution < 1.29 is 0 Å². The summed E-state index contributed by atoms with van der Waals surface area (Å²) in [4.78, 5) is 13.1. The first-order valence-electron chi connectivity index (χ1n) is 10.0. The minimum atomic E-state index is 0.473. The first kappa shape index (κ1) is 19.7. The molecule has 0 radical (unpaired) electrons. The van der Waals surface area contributed by atoms with Crippen molar-refractivity contribution in [2.45, 2.75) is 45.6 Å². The van der Waals surface area contributed by atoms with Gasteiger partial charge in [0, 0.05) is 43.2 Å². The SMILES string of the molecule is CCNC(=NCc1ccnc(N2CCCCC2)c1)NCC(C)c1cccs1. The molecule has 146 valence electrons. The van der Waals surface area contributed by atoms with Gasteiger partial charge in [0.2, 0.25) is 0 Å². The fraction of sp³-hybridized carbons (Fsp3) is 0.524. The highest BCUT2D eigenvalue weighted by Crippen LogP contribution is 2.20. The van der Waals surface area contributed by atoms with Gasteiger partial charge in [0.1, 0.15) is 5.82 Å². The van der Waals surface area contributed by atoms with Gasteiger partial charge in [-0.15, -0.1) is 11.3 Å². The summed E-state index contributed by atoms with van der Waals surface area (Å²) in [5, 5.41) is 8.96. The zero-order chi connectivity index (χ0) is 18.9. The second-order valence-corrected chi connectivity index (χ2v) is 8.04. The van der Waals surface area contributed by atoms with Crippen LogP contribution in [0.3, 0.4) is 0 Å². The van der Waals surface area contributed by atoms with Crippen molar-refractivity contribution in [2.75, 3.05) is 31.1 Å². The van der Waals surface area contributed by atoms with Crippen LogP contribution in [0.2, 0.25) is 0 Å². The van der Waals surface area contributed by atoms with Gasteiger partial charge in [0.05, 0.1) is 6.54 Å². The molecule has 1 unspecified atom stereocenters. The van der Waals surface area contributed by atoms with E-state index in [9.17, 15) is 0 Å². The normalized spacial score (nSPS) is 16.2. The van der Waals surface area contributed by atoms with Crippen LogP contribution in [0.5, 0.6) is 0 Å². The topological polar surface area (TPSA) is 52.6 Å². The Bertz CT molecular complexity index is 707. The van der Waals surface area contributed by atoms with E-state index in [2.05, 4.69) is 64.0 Å². The Morgan fingerprint density at radius 1 is 1.26 bits per heavy atom. The van der Waals surface area contributed by atoms with Gasteiger partial charge in [-0.25, -0.2) is 9.98 Å². The van der Waals surface area contributed by atoms with E-state index in [1.165, 1.54) is 29.7 Å². The Hall–Kier alpha value is -2.08. The van der Waals surface area contributed by atoms with Gasteiger partial charge in [-0.05, 0) is 55.3 Å². The van der Waals surface area contributed by atoms with Crippen molar-refractivity contribution in [3.8, 4) is 0 Å². The summed E-state index contributed by atoms with van der Waals surface area (Å²) < 4.78 is 0. The molecule has 5 nitrogen and oxygen atoms in total. The smallest absolute Gasteiger partial charge is 0.191 e. The molecule has 2 aromatic heterocycles. The second-order valence-electron chi connectivity index (χ2n) is 7.06. The Kier molecular flexibility index (Phi) is 7.51. The van der Waals surface area contributed by atoms with Crippen molar-refractivity contribution in [1.29, 1.82) is 0 Å². The van der Waals surface area contributed by atoms with Crippen molar-refractivity contribution in [1.82, 2.24) is 15.6 Å². The molecule has 3 rings (SSSR count). The van der Waals surface area contributed by atoms with E-state index in [-0.39, 0.29) is 0 Å². The van der Waals surface area contributed by atoms with Crippen molar-refractivity contribution in [3.63, 3.8) is 0 Å². The predicted octanol–water partition coefficient (Wildman–Crippen LogP) is 3.99. The van der Waals surface area contributed by atoms with Crippen LogP contribution in [-0.2, 0) is 6.54 Å². The van der Waals surface area contributed by atoms with Crippen LogP contribution in [0.4, 0.5) is 5.82 Å². The van der Waals surface area contributed by atoms with Gasteiger partial charge in [-0.1, -0.05) is 13.0 Å². The standard InChI is InChI=1S/C21H31N5S/c1-3-22-21(24-15-17(2)19-8-7-13-27-19)25-16-18-9-10-23-20(14-18)26-11-5-4-6-12-26/h7-10,13-14,17H,3-6,11-12,15-16H2,1-2H3,(H2,22,24,25). The largest absolute Gasteiger partial charge is 0.357 e. The van der Waals surface area contributed by atoms with Crippen LogP contribution < -0.4 is 15.5 Å². The zero-order valence-electron chi connectivity index (χ0n) is 16.4. The van der Waals surface area contributed by atoms with E-state index in [0.717, 1.165) is 38.0 Å². The number of hydrogen-bond donors (Lipinski definition) is 2. The molecular weight excluding hydrogens is 354 g/mol. The number of rotatable bonds is 7. The molecule has 1 aliphatic rings. The van der Waals surface area contributed by atoms with E-state index in [1.807, 2.05) is 17.5 Å². The van der Waals surface area contributed by atoms with E-state index in [4.69, 9.17) is 4.99 Å². The number of pyridine rings is 1. The molecule has 3 heterocycles. The summed E-state index contributed by atoms with van der Waals surface area (Å²) in [5.41, 5.74) is 1.20. The fourth-order valence-corrected chi connectivity index (χ4v) is 4.08. The van der Waals surface area contributed by atoms with Crippen LogP contribution in [0.25, 0.3) is 0 Å². The molecule has 27 heavy (non-hydrogen) atoms. The minimum absolute atomic E-state index is 0.473. The van der Waals surface area contributed by atoms with Crippen molar-refractivity contribution in [2.24, 2.45) is 4.99 Å². The van der Waals surface area contributed by atoms with Crippen molar-refractivity contribution >= 4 is 23.1 Å². The molecule has 2 aromatic rings. The monoisotopic (exact) mass is 385 g/mol. The molecule has 6 heteroatoms. The number of hydrogen-bond acceptors (Lipinski definition) is 4. The lowest BCUT2D eigenvalue weighted by Gasteiger charge is -2.27. The van der Waals surface area contributed by atoms with Crippen LogP contribution >= 0.6 is 11.3 Å². The van der Waals surface area contributed by atoms with Crippen molar-refractivity contribution in [3.05, 3.63) is 46.3 Å². The molecule has 0 amide bonds. The highest BCUT2D eigenvalue weighted by Gasteiger charge is 2.12. The van der Waals surface area contributed by atoms with Gasteiger partial charge in [0.25, 0.3) is 0 Å². The molecule has 0 aliphatic carbocycles. The minimum Gasteiger partial charge on any atom is -0.357 e. The number of nitrogens with one attached hydrogen (secondary N) is 2. The number of piperidine rings is 1. The van der Waals surface area contributed by atoms with Crippen LogP contribution in [-0.4, -0.2) is 37.1 Å². The van der Waals surface area contributed by atoms with E-state index in [1.54, 1.807) is 0 Å². The molecule has 0 spiro atoms. The number of aliphatic imine (C=N–C) groups is 1. The third-order valence-electron chi connectivity index (χ3n) is 4.86. The maximum atomic E-state index is 4.77. The molecule has 0 bridgehead atoms. The summed E-state index contributed by atoms with van der Waals surface area (Å²) in [6.07, 6.45) is 5.78. The predicted molar refractivity (Wildman–Crippen MR) is 116 cm³/mol. The third kappa shape index (κ3) is 5.96. The van der Waals surface area contributed by atoms with Crippen LogP contribution in [0, 0.1) is 0 Å². The maximum absolute atomic E-state index is 4.77. The molecule has 2 N–H and O–H groups in total. The molecular formula is C21H31N5S. The number of guanidine groups is 1. The molecule has 1 saturated heterocycles. The molecule has 0 aromatic carbocycles. The molecule has 1 atom stereocenters. The number of anilines is 1. The highest BCUT2D eigenvalue weighted by molar-refractivity contribution is 7.10. The summed E-state index contributed by atoms with van der Waals surface area (Å²) in [6.45, 7) is 8.97.